The molecule has 0 amide bonds. The van der Waals surface area contributed by atoms with Gasteiger partial charge in [0.2, 0.25) is 0 Å². The maximum Gasteiger partial charge on any atom is 0.345 e. The molecule has 0 fully saturated rings. The van der Waals surface area contributed by atoms with Crippen molar-refractivity contribution >= 4 is 40.0 Å². The van der Waals surface area contributed by atoms with Crippen LogP contribution in [-0.4, -0.2) is 23.1 Å². The third kappa shape index (κ3) is 2.10. The zero-order valence-corrected chi connectivity index (χ0v) is 10.5. The van der Waals surface area contributed by atoms with Crippen molar-refractivity contribution in [2.24, 2.45) is 0 Å². The van der Waals surface area contributed by atoms with Crippen LogP contribution in [0, 0.1) is 0 Å². The standard InChI is InChI=1S/C12H9ClO3S/c1-16-11(15)12(13)10(14)7-9(17-12)8-5-3-2-4-6-8/h2-7H,1H3. The molecule has 0 saturated heterocycles. The highest BCUT2D eigenvalue weighted by atomic mass is 35.5. The number of ketones is 1. The Bertz CT molecular complexity index is 498. The van der Waals surface area contributed by atoms with Crippen LogP contribution in [0.25, 0.3) is 4.91 Å². The van der Waals surface area contributed by atoms with E-state index in [0.717, 1.165) is 17.3 Å². The summed E-state index contributed by atoms with van der Waals surface area (Å²) >= 11 is 7.01. The highest BCUT2D eigenvalue weighted by Crippen LogP contribution is 2.48. The van der Waals surface area contributed by atoms with Gasteiger partial charge in [-0.2, -0.15) is 0 Å². The van der Waals surface area contributed by atoms with E-state index >= 15 is 0 Å². The van der Waals surface area contributed by atoms with Gasteiger partial charge in [0.25, 0.3) is 4.21 Å². The summed E-state index contributed by atoms with van der Waals surface area (Å²) < 4.78 is 2.88. The van der Waals surface area contributed by atoms with Gasteiger partial charge in [-0.25, -0.2) is 4.79 Å². The fourth-order valence-corrected chi connectivity index (χ4v) is 2.89. The predicted octanol–water partition coefficient (Wildman–Crippen LogP) is 2.45. The number of carbonyl (C=O) groups is 2. The molecule has 0 saturated carbocycles. The second-order valence-corrected chi connectivity index (χ2v) is 5.48. The number of halogens is 1. The largest absolute Gasteiger partial charge is 0.467 e. The number of allylic oxidation sites excluding steroid dienone is 1. The van der Waals surface area contributed by atoms with Gasteiger partial charge in [0.1, 0.15) is 0 Å². The van der Waals surface area contributed by atoms with Crippen molar-refractivity contribution in [1.82, 2.24) is 0 Å². The van der Waals surface area contributed by atoms with Gasteiger partial charge < -0.3 is 4.74 Å². The van der Waals surface area contributed by atoms with Crippen LogP contribution >= 0.6 is 23.4 Å². The molecule has 0 bridgehead atoms. The molecule has 5 heteroatoms. The first-order valence-electron chi connectivity index (χ1n) is 4.86. The van der Waals surface area contributed by atoms with Crippen LogP contribution in [0.2, 0.25) is 0 Å². The lowest BCUT2D eigenvalue weighted by Gasteiger charge is -2.15. The fraction of sp³-hybridized carbons (Fsp3) is 0.167. The molecular formula is C12H9ClO3S. The second-order valence-electron chi connectivity index (χ2n) is 3.43. The quantitative estimate of drug-likeness (QED) is 0.469. The van der Waals surface area contributed by atoms with Crippen LogP contribution in [0.15, 0.2) is 36.4 Å². The first kappa shape index (κ1) is 12.2. The Kier molecular flexibility index (Phi) is 3.26. The summed E-state index contributed by atoms with van der Waals surface area (Å²) in [5.41, 5.74) is 0.859. The molecule has 1 aromatic rings. The summed E-state index contributed by atoms with van der Waals surface area (Å²) in [6.07, 6.45) is 1.38. The summed E-state index contributed by atoms with van der Waals surface area (Å²) in [6.45, 7) is 0. The smallest absolute Gasteiger partial charge is 0.345 e. The van der Waals surface area contributed by atoms with Gasteiger partial charge >= 0.3 is 5.97 Å². The van der Waals surface area contributed by atoms with Crippen molar-refractivity contribution < 1.29 is 14.3 Å². The lowest BCUT2D eigenvalue weighted by Crippen LogP contribution is -2.35. The maximum absolute atomic E-state index is 11.8. The first-order valence-corrected chi connectivity index (χ1v) is 6.05. The van der Waals surface area contributed by atoms with Crippen molar-refractivity contribution in [3.63, 3.8) is 0 Å². The van der Waals surface area contributed by atoms with Gasteiger partial charge in [-0.1, -0.05) is 53.7 Å². The fourth-order valence-electron chi connectivity index (χ4n) is 1.46. The molecule has 0 N–H and O–H groups in total. The molecule has 0 spiro atoms. The third-order valence-corrected chi connectivity index (χ3v) is 4.13. The predicted molar refractivity (Wildman–Crippen MR) is 67.6 cm³/mol. The number of ether oxygens (including phenoxy) is 1. The molecule has 0 radical (unpaired) electrons. The van der Waals surface area contributed by atoms with Crippen molar-refractivity contribution in [3.8, 4) is 0 Å². The molecule has 1 heterocycles. The molecule has 3 nitrogen and oxygen atoms in total. The Morgan fingerprint density at radius 3 is 2.59 bits per heavy atom. The van der Waals surface area contributed by atoms with Crippen molar-refractivity contribution in [1.29, 1.82) is 0 Å². The summed E-state index contributed by atoms with van der Waals surface area (Å²) in [5.74, 6) is -1.19. The second kappa shape index (κ2) is 4.55. The highest BCUT2D eigenvalue weighted by Gasteiger charge is 2.50. The number of hydrogen-bond acceptors (Lipinski definition) is 4. The van der Waals surface area contributed by atoms with E-state index in [1.54, 1.807) is 0 Å². The number of hydrogen-bond donors (Lipinski definition) is 0. The van der Waals surface area contributed by atoms with Gasteiger partial charge in [-0.3, -0.25) is 4.79 Å². The summed E-state index contributed by atoms with van der Waals surface area (Å²) in [7, 11) is 1.21. The Labute approximate surface area is 108 Å². The monoisotopic (exact) mass is 268 g/mol. The van der Waals surface area contributed by atoms with Crippen molar-refractivity contribution in [2.75, 3.05) is 7.11 Å². The molecule has 1 aliphatic rings. The average molecular weight is 269 g/mol. The molecule has 1 unspecified atom stereocenters. The Morgan fingerprint density at radius 1 is 1.35 bits per heavy atom. The van der Waals surface area contributed by atoms with E-state index in [1.807, 2.05) is 30.3 Å². The maximum atomic E-state index is 11.8. The van der Waals surface area contributed by atoms with E-state index in [4.69, 9.17) is 11.6 Å². The molecule has 1 atom stereocenters. The van der Waals surface area contributed by atoms with Gasteiger partial charge in [0.05, 0.1) is 7.11 Å². The van der Waals surface area contributed by atoms with Crippen LogP contribution in [0.3, 0.4) is 0 Å². The van der Waals surface area contributed by atoms with Crippen LogP contribution < -0.4 is 0 Å². The number of esters is 1. The summed E-state index contributed by atoms with van der Waals surface area (Å²) in [6, 6.07) is 9.29. The minimum atomic E-state index is -1.67. The van der Waals surface area contributed by atoms with Crippen LogP contribution in [-0.2, 0) is 14.3 Å². The summed E-state index contributed by atoms with van der Waals surface area (Å²) in [4.78, 5) is 23.9. The summed E-state index contributed by atoms with van der Waals surface area (Å²) in [5, 5.41) is 0. The zero-order valence-electron chi connectivity index (χ0n) is 8.98. The number of benzene rings is 1. The van der Waals surface area contributed by atoms with E-state index < -0.39 is 16.0 Å². The lowest BCUT2D eigenvalue weighted by atomic mass is 10.2. The lowest BCUT2D eigenvalue weighted by molar-refractivity contribution is -0.143. The van der Waals surface area contributed by atoms with Crippen molar-refractivity contribution in [3.05, 3.63) is 42.0 Å². The third-order valence-electron chi connectivity index (χ3n) is 2.34. The SMILES string of the molecule is COC(=O)C1(Cl)SC(c2ccccc2)=CC1=O. The topological polar surface area (TPSA) is 43.4 Å². The number of alkyl halides is 1. The van der Waals surface area contributed by atoms with Crippen LogP contribution in [0.4, 0.5) is 0 Å². The van der Waals surface area contributed by atoms with E-state index in [2.05, 4.69) is 4.74 Å². The van der Waals surface area contributed by atoms with Gasteiger partial charge in [-0.05, 0) is 11.6 Å². The van der Waals surface area contributed by atoms with E-state index in [1.165, 1.54) is 13.2 Å². The average Bonchev–Trinajstić information content (AvgIpc) is 2.67. The molecular weight excluding hydrogens is 260 g/mol. The van der Waals surface area contributed by atoms with Gasteiger partial charge in [0, 0.05) is 4.91 Å². The van der Waals surface area contributed by atoms with Crippen molar-refractivity contribution in [2.45, 2.75) is 4.21 Å². The zero-order chi connectivity index (χ0) is 12.5. The normalized spacial score (nSPS) is 23.4. The first-order chi connectivity index (χ1) is 8.08. The molecule has 0 aromatic heterocycles. The molecule has 0 aliphatic carbocycles. The highest BCUT2D eigenvalue weighted by molar-refractivity contribution is 8.12. The van der Waals surface area contributed by atoms with Crippen LogP contribution in [0.1, 0.15) is 5.56 Å². The molecule has 1 aromatic carbocycles. The number of thioether (sulfide) groups is 1. The van der Waals surface area contributed by atoms with E-state index in [9.17, 15) is 9.59 Å². The van der Waals surface area contributed by atoms with Crippen LogP contribution in [0.5, 0.6) is 0 Å². The number of methoxy groups -OCH3 is 1. The molecule has 17 heavy (non-hydrogen) atoms. The Hall–Kier alpha value is -1.26. The van der Waals surface area contributed by atoms with E-state index in [-0.39, 0.29) is 0 Å². The molecule has 2 rings (SSSR count). The molecule has 1 aliphatic heterocycles. The van der Waals surface area contributed by atoms with E-state index in [0.29, 0.717) is 4.91 Å². The number of carbonyl (C=O) groups excluding carboxylic acids is 2. The number of rotatable bonds is 2. The minimum absolute atomic E-state index is 0.449. The molecule has 88 valence electrons. The minimum Gasteiger partial charge on any atom is -0.467 e. The van der Waals surface area contributed by atoms with Gasteiger partial charge in [0.15, 0.2) is 5.78 Å². The van der Waals surface area contributed by atoms with Gasteiger partial charge in [-0.15, -0.1) is 0 Å². The Morgan fingerprint density at radius 2 is 2.00 bits per heavy atom. The Balaban J connectivity index is 2.30.